The highest BCUT2D eigenvalue weighted by molar-refractivity contribution is 6.31. The van der Waals surface area contributed by atoms with Crippen molar-refractivity contribution in [3.05, 3.63) is 28.8 Å². The highest BCUT2D eigenvalue weighted by Crippen LogP contribution is 2.36. The average molecular weight is 293 g/mol. The van der Waals surface area contributed by atoms with Gasteiger partial charge in [0.2, 0.25) is 0 Å². The Bertz CT molecular complexity index is 535. The summed E-state index contributed by atoms with van der Waals surface area (Å²) in [6.07, 6.45) is 3.07. The number of piperidine rings is 1. The molecule has 0 amide bonds. The largest absolute Gasteiger partial charge is 0.488 e. The zero-order valence-corrected chi connectivity index (χ0v) is 11.9. The van der Waals surface area contributed by atoms with Crippen molar-refractivity contribution in [2.45, 2.75) is 31.0 Å². The summed E-state index contributed by atoms with van der Waals surface area (Å²) in [4.78, 5) is 0. The van der Waals surface area contributed by atoms with Crippen molar-refractivity contribution in [3.63, 3.8) is 0 Å². The van der Waals surface area contributed by atoms with Crippen LogP contribution in [0, 0.1) is 11.3 Å². The van der Waals surface area contributed by atoms with Gasteiger partial charge in [0.1, 0.15) is 17.9 Å². The van der Waals surface area contributed by atoms with E-state index in [1.807, 2.05) is 6.07 Å². The molecule has 2 heterocycles. The van der Waals surface area contributed by atoms with Crippen LogP contribution in [0.3, 0.4) is 0 Å². The maximum atomic E-state index is 8.86. The fourth-order valence-corrected chi connectivity index (χ4v) is 3.17. The first-order valence-corrected chi connectivity index (χ1v) is 7.30. The van der Waals surface area contributed by atoms with Crippen LogP contribution >= 0.6 is 11.6 Å². The molecule has 106 valence electrons. The first-order chi connectivity index (χ1) is 9.71. The van der Waals surface area contributed by atoms with Crippen LogP contribution in [-0.4, -0.2) is 31.4 Å². The van der Waals surface area contributed by atoms with E-state index in [1.165, 1.54) is 0 Å². The minimum atomic E-state index is -0.00763. The van der Waals surface area contributed by atoms with Crippen molar-refractivity contribution >= 4 is 11.6 Å². The Balaban J connectivity index is 1.64. The van der Waals surface area contributed by atoms with Gasteiger partial charge in [-0.2, -0.15) is 5.26 Å². The second-order valence-electron chi connectivity index (χ2n) is 5.44. The lowest BCUT2D eigenvalue weighted by molar-refractivity contribution is -0.0205. The van der Waals surface area contributed by atoms with E-state index >= 15 is 0 Å². The fraction of sp³-hybridized carbons (Fsp3) is 0.533. The van der Waals surface area contributed by atoms with Gasteiger partial charge in [0.05, 0.1) is 22.8 Å². The lowest BCUT2D eigenvalue weighted by atomic mass is 9.89. The van der Waals surface area contributed by atoms with Gasteiger partial charge in [0, 0.05) is 12.5 Å². The first kappa shape index (κ1) is 13.7. The predicted molar refractivity (Wildman–Crippen MR) is 76.0 cm³/mol. The highest BCUT2D eigenvalue weighted by Gasteiger charge is 2.42. The number of hydrogen-bond donors (Lipinski definition) is 1. The third-order valence-corrected chi connectivity index (χ3v) is 4.37. The maximum absolute atomic E-state index is 8.86. The fourth-order valence-electron chi connectivity index (χ4n) is 2.96. The van der Waals surface area contributed by atoms with E-state index in [0.29, 0.717) is 22.9 Å². The van der Waals surface area contributed by atoms with E-state index in [4.69, 9.17) is 26.3 Å². The topological polar surface area (TPSA) is 54.3 Å². The number of nitrogens with zero attached hydrogens (tertiary/aromatic N) is 1. The summed E-state index contributed by atoms with van der Waals surface area (Å²) < 4.78 is 11.9. The second kappa shape index (κ2) is 5.61. The molecule has 1 unspecified atom stereocenters. The Morgan fingerprint density at radius 3 is 2.90 bits per heavy atom. The number of nitriles is 1. The van der Waals surface area contributed by atoms with Crippen molar-refractivity contribution in [1.29, 1.82) is 5.26 Å². The summed E-state index contributed by atoms with van der Waals surface area (Å²) in [6.45, 7) is 2.64. The zero-order chi connectivity index (χ0) is 14.0. The lowest BCUT2D eigenvalue weighted by Crippen LogP contribution is -2.41. The molecule has 20 heavy (non-hydrogen) atoms. The number of halogens is 1. The quantitative estimate of drug-likeness (QED) is 0.910. The Hall–Kier alpha value is -1.28. The van der Waals surface area contributed by atoms with E-state index in [9.17, 15) is 0 Å². The van der Waals surface area contributed by atoms with Gasteiger partial charge >= 0.3 is 0 Å². The maximum Gasteiger partial charge on any atom is 0.125 e. The molecule has 0 aliphatic carbocycles. The number of rotatable bonds is 2. The predicted octanol–water partition coefficient (Wildman–Crippen LogP) is 2.50. The number of ether oxygens (including phenoxy) is 2. The molecular weight excluding hydrogens is 276 g/mol. The van der Waals surface area contributed by atoms with Gasteiger partial charge < -0.3 is 14.8 Å². The molecule has 2 fully saturated rings. The van der Waals surface area contributed by atoms with Crippen molar-refractivity contribution in [2.24, 2.45) is 0 Å². The summed E-state index contributed by atoms with van der Waals surface area (Å²) in [5.41, 5.74) is 0.461. The molecule has 0 radical (unpaired) electrons. The van der Waals surface area contributed by atoms with E-state index < -0.39 is 0 Å². The Morgan fingerprint density at radius 1 is 1.40 bits per heavy atom. The minimum absolute atomic E-state index is 0.00763. The third-order valence-electron chi connectivity index (χ3n) is 4.05. The van der Waals surface area contributed by atoms with Crippen LogP contribution in [0.1, 0.15) is 24.8 Å². The molecule has 1 atom stereocenters. The normalized spacial score (nSPS) is 24.5. The SMILES string of the molecule is N#Cc1ccc(OC2COC3(CCNCC3)C2)cc1Cl. The molecule has 1 aromatic carbocycles. The van der Waals surface area contributed by atoms with Gasteiger partial charge in [-0.25, -0.2) is 0 Å². The smallest absolute Gasteiger partial charge is 0.125 e. The summed E-state index contributed by atoms with van der Waals surface area (Å²) >= 11 is 6.02. The van der Waals surface area contributed by atoms with E-state index in [1.54, 1.807) is 18.2 Å². The second-order valence-corrected chi connectivity index (χ2v) is 5.85. The standard InChI is InChI=1S/C15H17ClN2O2/c16-14-7-12(2-1-11(14)9-17)20-13-8-15(19-10-13)3-5-18-6-4-15/h1-2,7,13,18H,3-6,8,10H2. The molecule has 1 N–H and O–H groups in total. The van der Waals surface area contributed by atoms with Crippen molar-refractivity contribution in [2.75, 3.05) is 19.7 Å². The molecule has 1 aromatic rings. The highest BCUT2D eigenvalue weighted by atomic mass is 35.5. The zero-order valence-electron chi connectivity index (χ0n) is 11.2. The molecule has 0 saturated carbocycles. The van der Waals surface area contributed by atoms with Crippen LogP contribution in [0.5, 0.6) is 5.75 Å². The van der Waals surface area contributed by atoms with Crippen LogP contribution in [0.2, 0.25) is 5.02 Å². The molecule has 2 aliphatic rings. The summed E-state index contributed by atoms with van der Waals surface area (Å²) in [5, 5.41) is 12.6. The van der Waals surface area contributed by atoms with Gasteiger partial charge in [-0.3, -0.25) is 0 Å². The third kappa shape index (κ3) is 2.76. The summed E-state index contributed by atoms with van der Waals surface area (Å²) in [6, 6.07) is 7.22. The number of nitrogens with one attached hydrogen (secondary N) is 1. The van der Waals surface area contributed by atoms with Gasteiger partial charge in [-0.05, 0) is 38.1 Å². The summed E-state index contributed by atoms with van der Waals surface area (Å²) in [7, 11) is 0. The van der Waals surface area contributed by atoms with E-state index in [0.717, 1.165) is 32.4 Å². The van der Waals surface area contributed by atoms with Gasteiger partial charge in [0.15, 0.2) is 0 Å². The van der Waals surface area contributed by atoms with Crippen LogP contribution in [-0.2, 0) is 4.74 Å². The minimum Gasteiger partial charge on any atom is -0.488 e. The molecule has 4 nitrogen and oxygen atoms in total. The van der Waals surface area contributed by atoms with Crippen molar-refractivity contribution < 1.29 is 9.47 Å². The summed E-state index contributed by atoms with van der Waals surface area (Å²) in [5.74, 6) is 0.702. The van der Waals surface area contributed by atoms with Gasteiger partial charge in [-0.15, -0.1) is 0 Å². The van der Waals surface area contributed by atoms with Crippen molar-refractivity contribution in [3.8, 4) is 11.8 Å². The first-order valence-electron chi connectivity index (χ1n) is 6.92. The molecule has 0 aromatic heterocycles. The van der Waals surface area contributed by atoms with Crippen LogP contribution in [0.25, 0.3) is 0 Å². The van der Waals surface area contributed by atoms with Crippen molar-refractivity contribution in [1.82, 2.24) is 5.32 Å². The van der Waals surface area contributed by atoms with Crippen LogP contribution in [0.4, 0.5) is 0 Å². The molecule has 3 rings (SSSR count). The Labute approximate surface area is 123 Å². The van der Waals surface area contributed by atoms with Crippen LogP contribution < -0.4 is 10.1 Å². The van der Waals surface area contributed by atoms with Gasteiger partial charge in [0.25, 0.3) is 0 Å². The molecule has 5 heteroatoms. The van der Waals surface area contributed by atoms with E-state index in [2.05, 4.69) is 5.32 Å². The lowest BCUT2D eigenvalue weighted by Gasteiger charge is -2.32. The molecule has 0 bridgehead atoms. The Kier molecular flexibility index (Phi) is 3.84. The molecule has 2 saturated heterocycles. The molecular formula is C15H17ClN2O2. The number of hydrogen-bond acceptors (Lipinski definition) is 4. The van der Waals surface area contributed by atoms with Gasteiger partial charge in [-0.1, -0.05) is 11.6 Å². The van der Waals surface area contributed by atoms with Crippen LogP contribution in [0.15, 0.2) is 18.2 Å². The number of benzene rings is 1. The average Bonchev–Trinajstić information content (AvgIpc) is 2.82. The Morgan fingerprint density at radius 2 is 2.20 bits per heavy atom. The molecule has 1 spiro atoms. The van der Waals surface area contributed by atoms with E-state index in [-0.39, 0.29) is 11.7 Å². The molecule has 2 aliphatic heterocycles. The monoisotopic (exact) mass is 292 g/mol.